The van der Waals surface area contributed by atoms with E-state index in [1.54, 1.807) is 43.3 Å². The summed E-state index contributed by atoms with van der Waals surface area (Å²) in [7, 11) is 1.54. The van der Waals surface area contributed by atoms with Gasteiger partial charge in [-0.05, 0) is 37.3 Å². The number of rotatable bonds is 4. The maximum Gasteiger partial charge on any atom is 0.289 e. The van der Waals surface area contributed by atoms with Crippen molar-refractivity contribution in [2.45, 2.75) is 6.92 Å². The van der Waals surface area contributed by atoms with E-state index in [0.717, 1.165) is 0 Å². The largest absolute Gasteiger partial charge is 0.456 e. The molecule has 0 saturated carbocycles. The van der Waals surface area contributed by atoms with Gasteiger partial charge in [0, 0.05) is 17.8 Å². The number of aryl methyl sites for hydroxylation is 1. The lowest BCUT2D eigenvalue weighted by atomic mass is 10.3. The molecule has 0 fully saturated rings. The first-order chi connectivity index (χ1) is 9.95. The molecule has 0 unspecified atom stereocenters. The maximum absolute atomic E-state index is 12.0. The van der Waals surface area contributed by atoms with Crippen LogP contribution in [-0.4, -0.2) is 30.3 Å². The van der Waals surface area contributed by atoms with Crippen LogP contribution in [0.2, 0.25) is 5.02 Å². The number of likely N-dealkylation sites (N-methyl/N-ethyl adjacent to an activating group) is 1. The Hall–Kier alpha value is -2.27. The fourth-order valence-electron chi connectivity index (χ4n) is 1.79. The number of anilines is 1. The molecule has 0 aliphatic carbocycles. The first-order valence-corrected chi connectivity index (χ1v) is 6.71. The van der Waals surface area contributed by atoms with Crippen molar-refractivity contribution in [1.29, 1.82) is 0 Å². The monoisotopic (exact) mass is 306 g/mol. The van der Waals surface area contributed by atoms with Crippen LogP contribution >= 0.6 is 11.6 Å². The van der Waals surface area contributed by atoms with Crippen LogP contribution in [0.25, 0.3) is 0 Å². The molecule has 21 heavy (non-hydrogen) atoms. The molecule has 0 aliphatic rings. The quantitative estimate of drug-likeness (QED) is 0.944. The predicted octanol–water partition coefficient (Wildman–Crippen LogP) is 2.95. The average Bonchev–Trinajstić information content (AvgIpc) is 2.84. The number of hydrogen-bond donors (Lipinski definition) is 1. The molecule has 0 bridgehead atoms. The van der Waals surface area contributed by atoms with Crippen LogP contribution < -0.4 is 5.32 Å². The number of nitrogens with zero attached hydrogens (tertiary/aromatic N) is 1. The third-order valence-electron chi connectivity index (χ3n) is 2.79. The van der Waals surface area contributed by atoms with Crippen LogP contribution in [0.3, 0.4) is 0 Å². The van der Waals surface area contributed by atoms with Crippen molar-refractivity contribution in [1.82, 2.24) is 4.90 Å². The molecule has 0 aliphatic heterocycles. The summed E-state index contributed by atoms with van der Waals surface area (Å²) in [5.41, 5.74) is 0.585. The summed E-state index contributed by atoms with van der Waals surface area (Å²) in [4.78, 5) is 25.2. The number of furan rings is 1. The Labute approximate surface area is 127 Å². The van der Waals surface area contributed by atoms with E-state index < -0.39 is 0 Å². The van der Waals surface area contributed by atoms with Crippen molar-refractivity contribution in [2.24, 2.45) is 0 Å². The van der Waals surface area contributed by atoms with Gasteiger partial charge >= 0.3 is 0 Å². The summed E-state index contributed by atoms with van der Waals surface area (Å²) in [6.45, 7) is 1.67. The maximum atomic E-state index is 12.0. The highest BCUT2D eigenvalue weighted by atomic mass is 35.5. The first kappa shape index (κ1) is 15.1. The summed E-state index contributed by atoms with van der Waals surface area (Å²) in [6.07, 6.45) is 0. The predicted molar refractivity (Wildman–Crippen MR) is 80.5 cm³/mol. The number of amides is 2. The third-order valence-corrected chi connectivity index (χ3v) is 3.02. The SMILES string of the molecule is Cc1ccc(C(=O)N(C)CC(=O)Nc2cccc(Cl)c2)o1. The lowest BCUT2D eigenvalue weighted by Gasteiger charge is -2.15. The van der Waals surface area contributed by atoms with Crippen molar-refractivity contribution in [3.05, 3.63) is 52.9 Å². The second kappa shape index (κ2) is 6.45. The van der Waals surface area contributed by atoms with E-state index in [2.05, 4.69) is 5.32 Å². The minimum absolute atomic E-state index is 0.0783. The van der Waals surface area contributed by atoms with Crippen molar-refractivity contribution in [3.63, 3.8) is 0 Å². The molecule has 0 atom stereocenters. The molecule has 1 aromatic heterocycles. The minimum Gasteiger partial charge on any atom is -0.456 e. The number of halogens is 1. The molecular weight excluding hydrogens is 292 g/mol. The number of nitrogens with one attached hydrogen (secondary N) is 1. The highest BCUT2D eigenvalue weighted by Crippen LogP contribution is 2.15. The van der Waals surface area contributed by atoms with Gasteiger partial charge < -0.3 is 14.6 Å². The van der Waals surface area contributed by atoms with Gasteiger partial charge in [-0.1, -0.05) is 17.7 Å². The van der Waals surface area contributed by atoms with Gasteiger partial charge in [-0.2, -0.15) is 0 Å². The van der Waals surface area contributed by atoms with Gasteiger partial charge in [-0.15, -0.1) is 0 Å². The van der Waals surface area contributed by atoms with Crippen LogP contribution in [0.1, 0.15) is 16.3 Å². The normalized spacial score (nSPS) is 10.2. The molecular formula is C15H15ClN2O3. The highest BCUT2D eigenvalue weighted by molar-refractivity contribution is 6.30. The van der Waals surface area contributed by atoms with Crippen LogP contribution in [0, 0.1) is 6.92 Å². The van der Waals surface area contributed by atoms with E-state index in [0.29, 0.717) is 16.5 Å². The van der Waals surface area contributed by atoms with Gasteiger partial charge in [0.2, 0.25) is 5.91 Å². The Morgan fingerprint density at radius 3 is 2.67 bits per heavy atom. The van der Waals surface area contributed by atoms with E-state index in [1.807, 2.05) is 0 Å². The third kappa shape index (κ3) is 4.10. The molecule has 6 heteroatoms. The molecule has 1 heterocycles. The van der Waals surface area contributed by atoms with Gasteiger partial charge in [0.15, 0.2) is 5.76 Å². The Morgan fingerprint density at radius 1 is 1.29 bits per heavy atom. The highest BCUT2D eigenvalue weighted by Gasteiger charge is 2.17. The fraction of sp³-hybridized carbons (Fsp3) is 0.200. The number of carbonyl (C=O) groups is 2. The number of carbonyl (C=O) groups excluding carboxylic acids is 2. The Balaban J connectivity index is 1.94. The van der Waals surface area contributed by atoms with E-state index in [-0.39, 0.29) is 24.1 Å². The number of benzene rings is 1. The van der Waals surface area contributed by atoms with Crippen LogP contribution in [-0.2, 0) is 4.79 Å². The topological polar surface area (TPSA) is 62.6 Å². The lowest BCUT2D eigenvalue weighted by Crippen LogP contribution is -2.34. The molecule has 0 radical (unpaired) electrons. The standard InChI is InChI=1S/C15H15ClN2O3/c1-10-6-7-13(21-10)15(20)18(2)9-14(19)17-12-5-3-4-11(16)8-12/h3-8H,9H2,1-2H3,(H,17,19). The van der Waals surface area contributed by atoms with Crippen LogP contribution in [0.4, 0.5) is 5.69 Å². The summed E-state index contributed by atoms with van der Waals surface area (Å²) >= 11 is 5.84. The molecule has 0 saturated heterocycles. The van der Waals surface area contributed by atoms with Crippen molar-refractivity contribution >= 4 is 29.1 Å². The van der Waals surface area contributed by atoms with E-state index in [1.165, 1.54) is 11.9 Å². The van der Waals surface area contributed by atoms with Gasteiger partial charge in [-0.25, -0.2) is 0 Å². The molecule has 2 amide bonds. The van der Waals surface area contributed by atoms with E-state index in [4.69, 9.17) is 16.0 Å². The second-order valence-electron chi connectivity index (χ2n) is 4.63. The molecule has 0 spiro atoms. The summed E-state index contributed by atoms with van der Waals surface area (Å²) < 4.78 is 5.24. The lowest BCUT2D eigenvalue weighted by molar-refractivity contribution is -0.116. The Bertz CT molecular complexity index is 666. The molecule has 2 aromatic rings. The summed E-state index contributed by atoms with van der Waals surface area (Å²) in [5.74, 6) is 0.210. The van der Waals surface area contributed by atoms with Crippen LogP contribution in [0.5, 0.6) is 0 Å². The summed E-state index contributed by atoms with van der Waals surface area (Å²) in [6, 6.07) is 10.1. The van der Waals surface area contributed by atoms with Crippen molar-refractivity contribution < 1.29 is 14.0 Å². The molecule has 1 aromatic carbocycles. The zero-order valence-corrected chi connectivity index (χ0v) is 12.5. The van der Waals surface area contributed by atoms with Gasteiger partial charge in [0.05, 0.1) is 6.54 Å². The smallest absolute Gasteiger partial charge is 0.289 e. The Morgan fingerprint density at radius 2 is 2.05 bits per heavy atom. The number of hydrogen-bond acceptors (Lipinski definition) is 3. The zero-order chi connectivity index (χ0) is 15.4. The van der Waals surface area contributed by atoms with E-state index in [9.17, 15) is 9.59 Å². The summed E-state index contributed by atoms with van der Waals surface area (Å²) in [5, 5.41) is 3.21. The molecule has 1 N–H and O–H groups in total. The average molecular weight is 307 g/mol. The zero-order valence-electron chi connectivity index (χ0n) is 11.7. The van der Waals surface area contributed by atoms with E-state index >= 15 is 0 Å². The minimum atomic E-state index is -0.343. The second-order valence-corrected chi connectivity index (χ2v) is 5.07. The van der Waals surface area contributed by atoms with Crippen molar-refractivity contribution in [2.75, 3.05) is 18.9 Å². The fourth-order valence-corrected chi connectivity index (χ4v) is 1.98. The molecule has 5 nitrogen and oxygen atoms in total. The van der Waals surface area contributed by atoms with Crippen LogP contribution in [0.15, 0.2) is 40.8 Å². The van der Waals surface area contributed by atoms with Gasteiger partial charge in [0.1, 0.15) is 5.76 Å². The molecule has 110 valence electrons. The molecule has 2 rings (SSSR count). The van der Waals surface area contributed by atoms with Gasteiger partial charge in [0.25, 0.3) is 5.91 Å². The van der Waals surface area contributed by atoms with Crippen molar-refractivity contribution in [3.8, 4) is 0 Å². The van der Waals surface area contributed by atoms with Gasteiger partial charge in [-0.3, -0.25) is 9.59 Å². The Kier molecular flexibility index (Phi) is 4.65. The first-order valence-electron chi connectivity index (χ1n) is 6.33.